The summed E-state index contributed by atoms with van der Waals surface area (Å²) in [6.07, 6.45) is 0.414. The minimum Gasteiger partial charge on any atom is -0.481 e. The summed E-state index contributed by atoms with van der Waals surface area (Å²) in [5, 5.41) is 15.7. The fourth-order valence-electron chi connectivity index (χ4n) is 5.27. The minimum atomic E-state index is -1.12. The number of hydrogen-bond acceptors (Lipinski definition) is 4. The monoisotopic (exact) mass is 576 g/mol. The van der Waals surface area contributed by atoms with Gasteiger partial charge in [0, 0.05) is 23.7 Å². The third kappa shape index (κ3) is 4.74. The number of carboxylic acids is 1. The Hall–Kier alpha value is -4.14. The molecule has 3 N–H and O–H groups in total. The molecule has 4 aromatic rings. The largest absolute Gasteiger partial charge is 0.481 e. The molecule has 2 amide bonds. The molecule has 0 aliphatic carbocycles. The molecule has 1 aliphatic heterocycles. The van der Waals surface area contributed by atoms with Gasteiger partial charge >= 0.3 is 5.97 Å². The first kappa shape index (κ1) is 27.4. The molecule has 10 heteroatoms. The van der Waals surface area contributed by atoms with Gasteiger partial charge in [0.1, 0.15) is 0 Å². The molecule has 1 saturated heterocycles. The van der Waals surface area contributed by atoms with Gasteiger partial charge in [-0.1, -0.05) is 77.8 Å². The molecule has 0 radical (unpaired) electrons. The number of piperidine rings is 1. The van der Waals surface area contributed by atoms with Gasteiger partial charge in [0.25, 0.3) is 11.8 Å². The third-order valence-corrected chi connectivity index (χ3v) is 8.24. The van der Waals surface area contributed by atoms with Gasteiger partial charge in [0.2, 0.25) is 0 Å². The summed E-state index contributed by atoms with van der Waals surface area (Å²) in [7, 11) is 0. The van der Waals surface area contributed by atoms with Gasteiger partial charge in [-0.05, 0) is 49.1 Å². The maximum Gasteiger partial charge on any atom is 0.314 e. The molecule has 1 fully saturated rings. The van der Waals surface area contributed by atoms with Crippen LogP contribution in [0.5, 0.6) is 0 Å². The highest BCUT2D eigenvalue weighted by atomic mass is 35.5. The zero-order valence-corrected chi connectivity index (χ0v) is 23.1. The van der Waals surface area contributed by atoms with Crippen LogP contribution in [0.2, 0.25) is 10.0 Å². The predicted octanol–water partition coefficient (Wildman–Crippen LogP) is 5.51. The fraction of sp³-hybridized carbons (Fsp3) is 0.200. The lowest BCUT2D eigenvalue weighted by molar-refractivity contribution is -0.145. The van der Waals surface area contributed by atoms with Crippen LogP contribution in [-0.4, -0.2) is 50.7 Å². The number of carboxylic acid groups (broad SMARTS) is 1. The normalized spacial score (nSPS) is 14.6. The lowest BCUT2D eigenvalue weighted by atomic mass is 9.73. The van der Waals surface area contributed by atoms with Crippen molar-refractivity contribution in [2.24, 2.45) is 5.73 Å². The van der Waals surface area contributed by atoms with Gasteiger partial charge in [-0.3, -0.25) is 14.4 Å². The van der Waals surface area contributed by atoms with Crippen LogP contribution in [0.25, 0.3) is 16.9 Å². The molecule has 0 atom stereocenters. The van der Waals surface area contributed by atoms with Gasteiger partial charge in [0.05, 0.1) is 27.4 Å². The number of aromatic nitrogens is 2. The maximum absolute atomic E-state index is 13.9. The SMILES string of the molecule is Cc1cccc(-n2nc(C(=O)N3CCC(C(=O)O)(c4ccccc4)CC3)c(C(N)=O)c2-c2ccc(Cl)cc2)c1Cl. The van der Waals surface area contributed by atoms with Crippen LogP contribution in [0.4, 0.5) is 0 Å². The van der Waals surface area contributed by atoms with Crippen molar-refractivity contribution in [3.63, 3.8) is 0 Å². The Morgan fingerprint density at radius 2 is 1.57 bits per heavy atom. The van der Waals surface area contributed by atoms with Crippen molar-refractivity contribution >= 4 is 41.0 Å². The number of nitrogens with two attached hydrogens (primary N) is 1. The number of amides is 2. The van der Waals surface area contributed by atoms with Crippen molar-refractivity contribution in [1.29, 1.82) is 0 Å². The van der Waals surface area contributed by atoms with E-state index in [4.69, 9.17) is 28.9 Å². The number of carbonyl (C=O) groups excluding carboxylic acids is 2. The summed E-state index contributed by atoms with van der Waals surface area (Å²) >= 11 is 12.8. The van der Waals surface area contributed by atoms with E-state index in [1.165, 1.54) is 9.58 Å². The quantitative estimate of drug-likeness (QED) is 0.313. The average Bonchev–Trinajstić information content (AvgIpc) is 3.36. The van der Waals surface area contributed by atoms with E-state index in [0.29, 0.717) is 32.6 Å². The molecule has 0 saturated carbocycles. The molecule has 2 heterocycles. The standard InChI is InChI=1S/C30H26Cl2N4O4/c1-18-6-5-9-22(24(18)32)36-26(19-10-12-21(31)13-11-19)23(27(33)37)25(34-36)28(38)35-16-14-30(15-17-35,29(39)40)20-7-3-2-4-8-20/h2-13H,14-17H2,1H3,(H2,33,37)(H,39,40). The van der Waals surface area contributed by atoms with E-state index in [2.05, 4.69) is 5.10 Å². The molecule has 1 aliphatic rings. The molecule has 0 bridgehead atoms. The van der Waals surface area contributed by atoms with Crippen molar-refractivity contribution in [1.82, 2.24) is 14.7 Å². The lowest BCUT2D eigenvalue weighted by Gasteiger charge is -2.39. The topological polar surface area (TPSA) is 119 Å². The molecule has 0 unspecified atom stereocenters. The van der Waals surface area contributed by atoms with Crippen LogP contribution in [0.1, 0.15) is 44.8 Å². The molecule has 1 aromatic heterocycles. The van der Waals surface area contributed by atoms with Gasteiger partial charge in [-0.25, -0.2) is 4.68 Å². The Morgan fingerprint density at radius 3 is 2.17 bits per heavy atom. The number of halogens is 2. The summed E-state index contributed by atoms with van der Waals surface area (Å²) in [4.78, 5) is 40.8. The highest BCUT2D eigenvalue weighted by Gasteiger charge is 2.44. The molecule has 8 nitrogen and oxygen atoms in total. The van der Waals surface area contributed by atoms with Crippen molar-refractivity contribution in [3.05, 3.63) is 105 Å². The number of hydrogen-bond donors (Lipinski definition) is 2. The summed E-state index contributed by atoms with van der Waals surface area (Å²) in [5.41, 5.74) is 7.39. The number of aryl methyl sites for hydroxylation is 1. The second-order valence-electron chi connectivity index (χ2n) is 9.81. The number of benzene rings is 3. The van der Waals surface area contributed by atoms with E-state index >= 15 is 0 Å². The Bertz CT molecular complexity index is 1610. The first-order valence-electron chi connectivity index (χ1n) is 12.7. The van der Waals surface area contributed by atoms with E-state index in [0.717, 1.165) is 5.56 Å². The van der Waals surface area contributed by atoms with E-state index < -0.39 is 23.2 Å². The number of aliphatic carboxylic acids is 1. The van der Waals surface area contributed by atoms with Crippen LogP contribution in [0, 0.1) is 6.92 Å². The first-order chi connectivity index (χ1) is 19.1. The van der Waals surface area contributed by atoms with Gasteiger partial charge in [0.15, 0.2) is 5.69 Å². The lowest BCUT2D eigenvalue weighted by Crippen LogP contribution is -2.49. The molecule has 0 spiro atoms. The summed E-state index contributed by atoms with van der Waals surface area (Å²) in [5.74, 6) is -2.28. The molecular weight excluding hydrogens is 551 g/mol. The average molecular weight is 577 g/mol. The Morgan fingerprint density at radius 1 is 0.925 bits per heavy atom. The number of carbonyl (C=O) groups is 3. The molecule has 40 heavy (non-hydrogen) atoms. The highest BCUT2D eigenvalue weighted by Crippen LogP contribution is 2.38. The van der Waals surface area contributed by atoms with E-state index in [9.17, 15) is 19.5 Å². The third-order valence-electron chi connectivity index (χ3n) is 7.49. The smallest absolute Gasteiger partial charge is 0.314 e. The van der Waals surface area contributed by atoms with Crippen LogP contribution in [0.3, 0.4) is 0 Å². The summed E-state index contributed by atoms with van der Waals surface area (Å²) < 4.78 is 1.46. The van der Waals surface area contributed by atoms with Gasteiger partial charge in [-0.15, -0.1) is 0 Å². The van der Waals surface area contributed by atoms with E-state index in [1.807, 2.05) is 19.1 Å². The second kappa shape index (κ2) is 10.8. The van der Waals surface area contributed by atoms with Gasteiger partial charge in [-0.2, -0.15) is 5.10 Å². The van der Waals surface area contributed by atoms with Crippen molar-refractivity contribution in [2.45, 2.75) is 25.2 Å². The van der Waals surface area contributed by atoms with Crippen molar-refractivity contribution in [2.75, 3.05) is 13.1 Å². The minimum absolute atomic E-state index is 0.0528. The number of rotatable bonds is 6. The highest BCUT2D eigenvalue weighted by molar-refractivity contribution is 6.33. The molecule has 204 valence electrons. The number of likely N-dealkylation sites (tertiary alicyclic amines) is 1. The van der Waals surface area contributed by atoms with Crippen molar-refractivity contribution in [3.8, 4) is 16.9 Å². The van der Waals surface area contributed by atoms with Crippen LogP contribution < -0.4 is 5.73 Å². The Kier molecular flexibility index (Phi) is 7.40. The number of primary amides is 1. The van der Waals surface area contributed by atoms with Gasteiger partial charge < -0.3 is 15.7 Å². The Balaban J connectivity index is 1.59. The Labute approximate surface area is 240 Å². The van der Waals surface area contributed by atoms with Crippen LogP contribution >= 0.6 is 23.2 Å². The number of nitrogens with zero attached hydrogens (tertiary/aromatic N) is 3. The van der Waals surface area contributed by atoms with Crippen LogP contribution in [-0.2, 0) is 10.2 Å². The van der Waals surface area contributed by atoms with Crippen LogP contribution in [0.15, 0.2) is 72.8 Å². The van der Waals surface area contributed by atoms with E-state index in [-0.39, 0.29) is 37.2 Å². The maximum atomic E-state index is 13.9. The fourth-order valence-corrected chi connectivity index (χ4v) is 5.60. The molecular formula is C30H26Cl2N4O4. The zero-order valence-electron chi connectivity index (χ0n) is 21.6. The summed E-state index contributed by atoms with van der Waals surface area (Å²) in [6.45, 7) is 2.16. The second-order valence-corrected chi connectivity index (χ2v) is 10.6. The van der Waals surface area contributed by atoms with Crippen molar-refractivity contribution < 1.29 is 19.5 Å². The predicted molar refractivity (Wildman–Crippen MR) is 153 cm³/mol. The first-order valence-corrected chi connectivity index (χ1v) is 13.4. The molecule has 3 aromatic carbocycles. The zero-order chi connectivity index (χ0) is 28.6. The summed E-state index contributed by atoms with van der Waals surface area (Å²) in [6, 6.07) is 21.2. The molecule has 5 rings (SSSR count). The van der Waals surface area contributed by atoms with E-state index in [1.54, 1.807) is 60.7 Å².